The molecule has 2 N–H and O–H groups in total. The maximum atomic E-state index is 11.9. The van der Waals surface area contributed by atoms with Crippen molar-refractivity contribution in [3.63, 3.8) is 0 Å². The van der Waals surface area contributed by atoms with E-state index < -0.39 is 16.5 Å². The summed E-state index contributed by atoms with van der Waals surface area (Å²) in [4.78, 5) is 24.9. The lowest BCUT2D eigenvalue weighted by atomic mass is 10.2. The van der Waals surface area contributed by atoms with E-state index in [2.05, 4.69) is 10.3 Å². The van der Waals surface area contributed by atoms with Crippen LogP contribution in [0, 0.1) is 10.1 Å². The number of aromatic nitrogens is 1. The second-order valence-corrected chi connectivity index (χ2v) is 4.74. The van der Waals surface area contributed by atoms with Crippen molar-refractivity contribution in [1.29, 1.82) is 0 Å². The largest absolute Gasteiger partial charge is 0.367 e. The molecule has 0 aliphatic rings. The highest BCUT2D eigenvalue weighted by Crippen LogP contribution is 2.33. The molecule has 1 aromatic carbocycles. The van der Waals surface area contributed by atoms with Gasteiger partial charge in [-0.3, -0.25) is 14.9 Å². The minimum Gasteiger partial charge on any atom is -0.367 e. The Morgan fingerprint density at radius 2 is 2.15 bits per heavy atom. The van der Waals surface area contributed by atoms with E-state index >= 15 is 0 Å². The number of halogens is 2. The van der Waals surface area contributed by atoms with E-state index in [0.717, 1.165) is 11.6 Å². The fourth-order valence-electron chi connectivity index (χ4n) is 1.59. The van der Waals surface area contributed by atoms with E-state index in [1.807, 2.05) is 0 Å². The quantitative estimate of drug-likeness (QED) is 0.671. The Kier molecular flexibility index (Phi) is 4.26. The minimum atomic E-state index is -0.683. The molecule has 0 aliphatic carbocycles. The van der Waals surface area contributed by atoms with Gasteiger partial charge >= 0.3 is 0 Å². The fourth-order valence-corrected chi connectivity index (χ4v) is 1.98. The van der Waals surface area contributed by atoms with Crippen LogP contribution in [0.4, 0.5) is 5.69 Å². The van der Waals surface area contributed by atoms with Gasteiger partial charge in [0.05, 0.1) is 9.95 Å². The summed E-state index contributed by atoms with van der Waals surface area (Å²) >= 11 is 11.5. The van der Waals surface area contributed by atoms with Gasteiger partial charge in [0.1, 0.15) is 5.02 Å². The number of amides is 1. The first kappa shape index (κ1) is 14.4. The number of nitrogens with one attached hydrogen (secondary N) is 2. The van der Waals surface area contributed by atoms with Gasteiger partial charge in [-0.1, -0.05) is 23.2 Å². The van der Waals surface area contributed by atoms with Crippen LogP contribution in [0.25, 0.3) is 0 Å². The number of hydrogen-bond acceptors (Lipinski definition) is 3. The molecule has 1 amide bonds. The van der Waals surface area contributed by atoms with E-state index in [0.29, 0.717) is 6.54 Å². The van der Waals surface area contributed by atoms with Crippen LogP contribution >= 0.6 is 23.2 Å². The maximum absolute atomic E-state index is 11.9. The average molecular weight is 314 g/mol. The van der Waals surface area contributed by atoms with Crippen molar-refractivity contribution in [2.75, 3.05) is 0 Å². The minimum absolute atomic E-state index is 0.0346. The molecular formula is C12H9Cl2N3O3. The molecule has 8 heteroatoms. The number of nitro benzene ring substituents is 1. The van der Waals surface area contributed by atoms with Crippen LogP contribution in [0.15, 0.2) is 30.6 Å². The van der Waals surface area contributed by atoms with Crippen molar-refractivity contribution in [2.24, 2.45) is 0 Å². The Balaban J connectivity index is 2.19. The summed E-state index contributed by atoms with van der Waals surface area (Å²) in [6.45, 7) is 0.302. The van der Waals surface area contributed by atoms with Crippen LogP contribution < -0.4 is 5.32 Å². The highest BCUT2D eigenvalue weighted by atomic mass is 35.5. The number of nitro groups is 1. The van der Waals surface area contributed by atoms with Gasteiger partial charge in [0.15, 0.2) is 0 Å². The highest BCUT2D eigenvalue weighted by molar-refractivity contribution is 6.43. The molecule has 1 aromatic heterocycles. The monoisotopic (exact) mass is 313 g/mol. The fraction of sp³-hybridized carbons (Fsp3) is 0.0833. The number of hydrogen-bond donors (Lipinski definition) is 2. The third kappa shape index (κ3) is 3.09. The van der Waals surface area contributed by atoms with Crippen LogP contribution in [-0.4, -0.2) is 15.8 Å². The van der Waals surface area contributed by atoms with Crippen LogP contribution in [0.5, 0.6) is 0 Å². The second-order valence-electron chi connectivity index (χ2n) is 3.95. The number of aromatic amines is 1. The van der Waals surface area contributed by atoms with Gasteiger partial charge in [-0.05, 0) is 17.7 Å². The molecule has 1 heterocycles. The zero-order valence-electron chi connectivity index (χ0n) is 10.0. The molecule has 6 nitrogen and oxygen atoms in total. The van der Waals surface area contributed by atoms with Crippen molar-refractivity contribution in [1.82, 2.24) is 10.3 Å². The molecule has 0 saturated heterocycles. The molecule has 0 unspecified atom stereocenters. The van der Waals surface area contributed by atoms with E-state index in [1.165, 1.54) is 6.07 Å². The van der Waals surface area contributed by atoms with Gasteiger partial charge < -0.3 is 10.3 Å². The van der Waals surface area contributed by atoms with Gasteiger partial charge in [-0.2, -0.15) is 0 Å². The van der Waals surface area contributed by atoms with Gasteiger partial charge in [0.25, 0.3) is 11.6 Å². The topological polar surface area (TPSA) is 88.0 Å². The summed E-state index contributed by atoms with van der Waals surface area (Å²) in [6, 6.07) is 4.20. The third-order valence-electron chi connectivity index (χ3n) is 2.58. The zero-order valence-corrected chi connectivity index (χ0v) is 11.5. The van der Waals surface area contributed by atoms with Crippen molar-refractivity contribution in [3.8, 4) is 0 Å². The van der Waals surface area contributed by atoms with Crippen LogP contribution in [0.3, 0.4) is 0 Å². The second kappa shape index (κ2) is 5.94. The molecule has 0 radical (unpaired) electrons. The van der Waals surface area contributed by atoms with Crippen molar-refractivity contribution in [3.05, 3.63) is 61.9 Å². The predicted octanol–water partition coefficient (Wildman–Crippen LogP) is 3.16. The molecular weight excluding hydrogens is 305 g/mol. The third-order valence-corrected chi connectivity index (χ3v) is 3.38. The van der Waals surface area contributed by atoms with Crippen molar-refractivity contribution < 1.29 is 9.72 Å². The van der Waals surface area contributed by atoms with Gasteiger partial charge in [0.2, 0.25) is 0 Å². The Bertz CT molecular complexity index is 656. The van der Waals surface area contributed by atoms with Crippen molar-refractivity contribution in [2.45, 2.75) is 6.54 Å². The van der Waals surface area contributed by atoms with Crippen molar-refractivity contribution >= 4 is 34.8 Å². The smallest absolute Gasteiger partial charge is 0.290 e. The number of H-pyrrole nitrogens is 1. The van der Waals surface area contributed by atoms with Gasteiger partial charge in [-0.15, -0.1) is 0 Å². The van der Waals surface area contributed by atoms with Crippen LogP contribution in [0.1, 0.15) is 15.9 Å². The molecule has 0 atom stereocenters. The first-order chi connectivity index (χ1) is 9.49. The summed E-state index contributed by atoms with van der Waals surface area (Å²) in [5.41, 5.74) is 0.570. The first-order valence-corrected chi connectivity index (χ1v) is 6.28. The van der Waals surface area contributed by atoms with Crippen LogP contribution in [0.2, 0.25) is 10.0 Å². The summed E-state index contributed by atoms with van der Waals surface area (Å²) in [5, 5.41) is 13.2. The first-order valence-electron chi connectivity index (χ1n) is 5.52. The Morgan fingerprint density at radius 3 is 2.75 bits per heavy atom. The molecule has 2 aromatic rings. The standard InChI is InChI=1S/C12H9Cl2N3O3/c13-9-3-8(4-10(11(9)14)17(19)20)12(18)16-6-7-1-2-15-5-7/h1-5,15H,6H2,(H,16,18). The molecule has 0 spiro atoms. The molecule has 0 fully saturated rings. The normalized spacial score (nSPS) is 10.3. The lowest BCUT2D eigenvalue weighted by molar-refractivity contribution is -0.384. The van der Waals surface area contributed by atoms with E-state index in [9.17, 15) is 14.9 Å². The van der Waals surface area contributed by atoms with E-state index in [1.54, 1.807) is 18.5 Å². The SMILES string of the molecule is O=C(NCc1cc[nH]c1)c1cc(Cl)c(Cl)c([N+](=O)[O-])c1. The number of rotatable bonds is 4. The zero-order chi connectivity index (χ0) is 14.7. The Hall–Kier alpha value is -2.05. The lowest BCUT2D eigenvalue weighted by Gasteiger charge is -2.06. The van der Waals surface area contributed by atoms with E-state index in [-0.39, 0.29) is 15.6 Å². The molecule has 0 bridgehead atoms. The number of benzene rings is 1. The lowest BCUT2D eigenvalue weighted by Crippen LogP contribution is -2.22. The Labute approximate surface area is 123 Å². The predicted molar refractivity (Wildman–Crippen MR) is 75.1 cm³/mol. The number of carbonyl (C=O) groups excluding carboxylic acids is 1. The molecule has 20 heavy (non-hydrogen) atoms. The maximum Gasteiger partial charge on any atom is 0.290 e. The summed E-state index contributed by atoms with van der Waals surface area (Å²) in [6.07, 6.45) is 3.46. The molecule has 0 aliphatic heterocycles. The van der Waals surface area contributed by atoms with Gasteiger partial charge in [0, 0.05) is 30.6 Å². The highest BCUT2D eigenvalue weighted by Gasteiger charge is 2.20. The number of nitrogens with zero attached hydrogens (tertiary/aromatic N) is 1. The number of carbonyl (C=O) groups is 1. The van der Waals surface area contributed by atoms with Crippen LogP contribution in [-0.2, 0) is 6.54 Å². The molecule has 0 saturated carbocycles. The van der Waals surface area contributed by atoms with E-state index in [4.69, 9.17) is 23.2 Å². The summed E-state index contributed by atoms with van der Waals surface area (Å²) in [7, 11) is 0. The molecule has 2 rings (SSSR count). The Morgan fingerprint density at radius 1 is 1.40 bits per heavy atom. The average Bonchev–Trinajstić information content (AvgIpc) is 2.91. The molecule has 104 valence electrons. The van der Waals surface area contributed by atoms with Gasteiger partial charge in [-0.25, -0.2) is 0 Å². The summed E-state index contributed by atoms with van der Waals surface area (Å²) < 4.78 is 0. The summed E-state index contributed by atoms with van der Waals surface area (Å²) in [5.74, 6) is -0.465.